The van der Waals surface area contributed by atoms with Crippen molar-refractivity contribution in [3.05, 3.63) is 36.5 Å². The first-order valence-electron chi connectivity index (χ1n) is 20.2. The van der Waals surface area contributed by atoms with E-state index in [1.165, 1.54) is 44.9 Å². The summed E-state index contributed by atoms with van der Waals surface area (Å²) in [5.74, 6) is -0.362. The van der Waals surface area contributed by atoms with E-state index >= 15 is 0 Å². The van der Waals surface area contributed by atoms with Gasteiger partial charge in [0.05, 0.1) is 32.0 Å². The number of aliphatic hydroxyl groups is 1. The van der Waals surface area contributed by atoms with Gasteiger partial charge in [-0.3, -0.25) is 23.2 Å². The smallest absolute Gasteiger partial charge is 0.462 e. The number of rotatable bonds is 36. The molecule has 1 heterocycles. The number of hydrogen-bond acceptors (Lipinski definition) is 11. The minimum atomic E-state index is -4.87. The Balaban J connectivity index is 2.43. The second kappa shape index (κ2) is 31.3. The van der Waals surface area contributed by atoms with E-state index in [1.54, 1.807) is 0 Å². The number of phosphoric acid groups is 2. The summed E-state index contributed by atoms with van der Waals surface area (Å²) in [6.45, 7) is 3.89. The number of epoxide rings is 1. The zero-order valence-electron chi connectivity index (χ0n) is 33.4. The van der Waals surface area contributed by atoms with Crippen molar-refractivity contribution in [1.29, 1.82) is 0 Å². The predicted molar refractivity (Wildman–Crippen MR) is 211 cm³/mol. The zero-order valence-corrected chi connectivity index (χ0v) is 35.2. The van der Waals surface area contributed by atoms with E-state index in [-0.39, 0.29) is 12.8 Å². The summed E-state index contributed by atoms with van der Waals surface area (Å²) in [5.41, 5.74) is 0. The lowest BCUT2D eigenvalue weighted by Crippen LogP contribution is -2.29. The monoisotopic (exact) mass is 824 g/mol. The van der Waals surface area contributed by atoms with Crippen LogP contribution in [0.25, 0.3) is 0 Å². The summed E-state index contributed by atoms with van der Waals surface area (Å²) < 4.78 is 53.3. The van der Waals surface area contributed by atoms with Gasteiger partial charge in [-0.25, -0.2) is 9.13 Å². The second-order valence-electron chi connectivity index (χ2n) is 14.2. The number of allylic oxidation sites excluding steroid dienone is 4. The third kappa shape index (κ3) is 32.0. The molecule has 0 aromatic heterocycles. The highest BCUT2D eigenvalue weighted by Gasteiger charge is 2.36. The van der Waals surface area contributed by atoms with E-state index < -0.39 is 66.2 Å². The van der Waals surface area contributed by atoms with Crippen LogP contribution < -0.4 is 0 Å². The van der Waals surface area contributed by atoms with Gasteiger partial charge >= 0.3 is 27.6 Å². The Kier molecular flexibility index (Phi) is 29.2. The second-order valence-corrected chi connectivity index (χ2v) is 16.9. The average Bonchev–Trinajstić information content (AvgIpc) is 3.90. The Hall–Kier alpha value is -1.70. The third-order valence-electron chi connectivity index (χ3n) is 8.96. The molecular formula is C39H70O14P2. The highest BCUT2D eigenvalue weighted by atomic mass is 31.2. The van der Waals surface area contributed by atoms with E-state index in [0.717, 1.165) is 50.9 Å². The van der Waals surface area contributed by atoms with Crippen LogP contribution in [0.3, 0.4) is 0 Å². The normalized spacial score (nSPS) is 18.8. The number of aliphatic hydroxyl groups excluding tert-OH is 1. The SMILES string of the molecule is CCCCC/C=C\CC1OC1C/C=C\C/C=C\CCCC(=O)O[C@H](COC(=O)CCCCCCCCC(C)CC)COP(=O)(O)OC[C@@H](O)COP(=O)(O)O. The van der Waals surface area contributed by atoms with Crippen molar-refractivity contribution in [3.8, 4) is 0 Å². The van der Waals surface area contributed by atoms with Crippen LogP contribution in [0.1, 0.15) is 143 Å². The summed E-state index contributed by atoms with van der Waals surface area (Å²) in [6.07, 6.45) is 27.7. The fourth-order valence-electron chi connectivity index (χ4n) is 5.36. The first-order chi connectivity index (χ1) is 26.2. The number of hydrogen-bond donors (Lipinski definition) is 4. The Morgan fingerprint density at radius 3 is 1.96 bits per heavy atom. The molecule has 0 spiro atoms. The van der Waals surface area contributed by atoms with Crippen LogP contribution in [0.4, 0.5) is 0 Å². The zero-order chi connectivity index (χ0) is 40.8. The van der Waals surface area contributed by atoms with Crippen LogP contribution in [0.5, 0.6) is 0 Å². The van der Waals surface area contributed by atoms with Gasteiger partial charge in [0, 0.05) is 12.8 Å². The molecular weight excluding hydrogens is 754 g/mol. The fourth-order valence-corrected chi connectivity index (χ4v) is 6.51. The van der Waals surface area contributed by atoms with Crippen molar-refractivity contribution in [2.45, 2.75) is 167 Å². The number of carbonyl (C=O) groups excluding carboxylic acids is 2. The molecule has 1 saturated heterocycles. The molecule has 16 heteroatoms. The molecule has 0 saturated carbocycles. The fraction of sp³-hybridized carbons (Fsp3) is 0.795. The summed E-state index contributed by atoms with van der Waals surface area (Å²) >= 11 is 0. The standard InChI is InChI=1S/C39H70O14P2/c1-4-6-7-8-15-20-25-36-37(53-36)26-21-16-10-9-11-18-23-28-39(42)52-35(32-51-55(46,47)50-30-34(40)29-49-54(43,44)45)31-48-38(41)27-22-17-13-12-14-19-24-33(3)5-2/h9,11,15-16,20-21,33-37,40H,4-8,10,12-14,17-19,22-32H2,1-3H3,(H,46,47)(H2,43,44,45)/b11-9-,20-15-,21-16-/t33?,34-,35+,36?,37?/m0/s1. The van der Waals surface area contributed by atoms with Crippen molar-refractivity contribution in [3.63, 3.8) is 0 Å². The van der Waals surface area contributed by atoms with Gasteiger partial charge in [-0.15, -0.1) is 0 Å². The molecule has 1 fully saturated rings. The summed E-state index contributed by atoms with van der Waals surface area (Å²) in [6, 6.07) is 0. The molecule has 4 N–H and O–H groups in total. The van der Waals surface area contributed by atoms with Crippen molar-refractivity contribution in [1.82, 2.24) is 0 Å². The van der Waals surface area contributed by atoms with Gasteiger partial charge in [-0.1, -0.05) is 115 Å². The molecule has 0 aromatic carbocycles. The largest absolute Gasteiger partial charge is 0.472 e. The quantitative estimate of drug-likeness (QED) is 0.0154. The number of carbonyl (C=O) groups is 2. The van der Waals surface area contributed by atoms with Gasteiger partial charge < -0.3 is 34.0 Å². The Labute approximate surface area is 329 Å². The highest BCUT2D eigenvalue weighted by Crippen LogP contribution is 2.44. The Morgan fingerprint density at radius 1 is 0.691 bits per heavy atom. The lowest BCUT2D eigenvalue weighted by atomic mass is 10.00. The van der Waals surface area contributed by atoms with E-state index in [2.05, 4.69) is 54.1 Å². The number of ether oxygens (including phenoxy) is 3. The topological polar surface area (TPSA) is 208 Å². The maximum absolute atomic E-state index is 12.6. The lowest BCUT2D eigenvalue weighted by Gasteiger charge is -2.20. The van der Waals surface area contributed by atoms with Gasteiger partial charge in [0.1, 0.15) is 12.7 Å². The molecule has 55 heavy (non-hydrogen) atoms. The van der Waals surface area contributed by atoms with Crippen LogP contribution >= 0.6 is 15.6 Å². The molecule has 320 valence electrons. The summed E-state index contributed by atoms with van der Waals surface area (Å²) in [5, 5.41) is 9.72. The van der Waals surface area contributed by atoms with Crippen molar-refractivity contribution in [2.75, 3.05) is 26.4 Å². The molecule has 0 aliphatic carbocycles. The molecule has 0 bridgehead atoms. The maximum Gasteiger partial charge on any atom is 0.472 e. The van der Waals surface area contributed by atoms with E-state index in [0.29, 0.717) is 31.5 Å². The number of unbranched alkanes of at least 4 members (excludes halogenated alkanes) is 9. The Morgan fingerprint density at radius 2 is 1.27 bits per heavy atom. The molecule has 1 rings (SSSR count). The molecule has 0 aromatic rings. The minimum absolute atomic E-state index is 0.0501. The Bertz CT molecular complexity index is 1200. The van der Waals surface area contributed by atoms with Crippen LogP contribution in [-0.2, 0) is 46.5 Å². The van der Waals surface area contributed by atoms with Crippen LogP contribution in [0.2, 0.25) is 0 Å². The maximum atomic E-state index is 12.6. The van der Waals surface area contributed by atoms with Crippen LogP contribution in [-0.4, -0.2) is 82.6 Å². The van der Waals surface area contributed by atoms with E-state index in [4.69, 9.17) is 28.5 Å². The molecule has 0 amide bonds. The minimum Gasteiger partial charge on any atom is -0.462 e. The van der Waals surface area contributed by atoms with Crippen molar-refractivity contribution < 1.29 is 66.3 Å². The van der Waals surface area contributed by atoms with E-state index in [1.807, 2.05) is 12.2 Å². The van der Waals surface area contributed by atoms with Crippen molar-refractivity contribution >= 4 is 27.6 Å². The lowest BCUT2D eigenvalue weighted by molar-refractivity contribution is -0.161. The molecule has 1 aliphatic heterocycles. The predicted octanol–water partition coefficient (Wildman–Crippen LogP) is 8.57. The number of phosphoric ester groups is 2. The molecule has 4 unspecified atom stereocenters. The molecule has 14 nitrogen and oxygen atoms in total. The average molecular weight is 825 g/mol. The van der Waals surface area contributed by atoms with Gasteiger partial charge in [0.15, 0.2) is 6.10 Å². The van der Waals surface area contributed by atoms with Gasteiger partial charge in [-0.05, 0) is 57.3 Å². The summed E-state index contributed by atoms with van der Waals surface area (Å²) in [7, 11) is -9.69. The van der Waals surface area contributed by atoms with Gasteiger partial charge in [0.25, 0.3) is 0 Å². The van der Waals surface area contributed by atoms with E-state index in [9.17, 15) is 28.7 Å². The molecule has 1 aliphatic rings. The van der Waals surface area contributed by atoms with Gasteiger partial charge in [0.2, 0.25) is 0 Å². The van der Waals surface area contributed by atoms with Crippen molar-refractivity contribution in [2.24, 2.45) is 5.92 Å². The third-order valence-corrected chi connectivity index (χ3v) is 10.4. The van der Waals surface area contributed by atoms with Gasteiger partial charge in [-0.2, -0.15) is 0 Å². The highest BCUT2D eigenvalue weighted by molar-refractivity contribution is 7.47. The van der Waals surface area contributed by atoms with Crippen LogP contribution in [0.15, 0.2) is 36.5 Å². The summed E-state index contributed by atoms with van der Waals surface area (Å²) in [4.78, 5) is 52.5. The first kappa shape index (κ1) is 51.3. The number of esters is 2. The van der Waals surface area contributed by atoms with Crippen LogP contribution in [0, 0.1) is 5.92 Å². The first-order valence-corrected chi connectivity index (χ1v) is 23.2. The molecule has 0 radical (unpaired) electrons. The molecule has 6 atom stereocenters.